The highest BCUT2D eigenvalue weighted by molar-refractivity contribution is 5.80. The minimum absolute atomic E-state index is 0.0125. The molecule has 0 saturated heterocycles. The fourth-order valence-corrected chi connectivity index (χ4v) is 1.35. The number of aliphatic hydroxyl groups excluding tert-OH is 1. The molecule has 0 radical (unpaired) electrons. The summed E-state index contributed by atoms with van der Waals surface area (Å²) in [6.07, 6.45) is -0.616. The molecule has 1 aromatic rings. The minimum Gasteiger partial charge on any atom is -0.393 e. The van der Waals surface area contributed by atoms with Crippen LogP contribution in [-0.2, 0) is 16.1 Å². The average molecular weight is 267 g/mol. The smallest absolute Gasteiger partial charge is 0.248 e. The number of benzene rings is 1. The van der Waals surface area contributed by atoms with Crippen LogP contribution in [0.3, 0.4) is 0 Å². The maximum absolute atomic E-state index is 11.7. The van der Waals surface area contributed by atoms with Crippen LogP contribution in [0.4, 0.5) is 0 Å². The van der Waals surface area contributed by atoms with Gasteiger partial charge in [0.25, 0.3) is 0 Å². The number of nitrogens with one attached hydrogen (secondary N) is 1. The summed E-state index contributed by atoms with van der Waals surface area (Å²) in [5, 5.41) is 21.0. The third-order valence-electron chi connectivity index (χ3n) is 2.70. The molecule has 0 bridgehead atoms. The largest absolute Gasteiger partial charge is 0.393 e. The van der Waals surface area contributed by atoms with Gasteiger partial charge in [-0.2, -0.15) is 0 Å². The Hall–Kier alpha value is -1.43. The van der Waals surface area contributed by atoms with Crippen LogP contribution >= 0.6 is 0 Å². The zero-order valence-corrected chi connectivity index (χ0v) is 11.3. The lowest BCUT2D eigenvalue weighted by Crippen LogP contribution is -2.46. The monoisotopic (exact) mass is 267 g/mol. The number of amides is 1. The number of carbonyl (C=O) groups excluding carboxylic acids is 1. The van der Waals surface area contributed by atoms with Gasteiger partial charge >= 0.3 is 0 Å². The van der Waals surface area contributed by atoms with E-state index in [2.05, 4.69) is 5.32 Å². The summed E-state index contributed by atoms with van der Waals surface area (Å²) in [4.78, 5) is 11.7. The molecule has 0 fully saturated rings. The fraction of sp³-hybridized carbons (Fsp3) is 0.500. The van der Waals surface area contributed by atoms with E-state index in [1.165, 1.54) is 6.92 Å². The Morgan fingerprint density at radius 2 is 2.05 bits per heavy atom. The van der Waals surface area contributed by atoms with E-state index >= 15 is 0 Å². The second-order valence-corrected chi connectivity index (χ2v) is 4.81. The molecule has 0 heterocycles. The number of ether oxygens (including phenoxy) is 1. The Morgan fingerprint density at radius 1 is 1.42 bits per heavy atom. The first-order valence-electron chi connectivity index (χ1n) is 6.21. The SMILES string of the molecule is CC(OCc1ccccc1)C(=O)NCC(C)(O)CO. The van der Waals surface area contributed by atoms with Gasteiger partial charge in [0, 0.05) is 6.54 Å². The number of hydrogen-bond donors (Lipinski definition) is 3. The summed E-state index contributed by atoms with van der Waals surface area (Å²) in [6.45, 7) is 3.02. The lowest BCUT2D eigenvalue weighted by molar-refractivity contribution is -0.133. The standard InChI is InChI=1S/C14H21NO4/c1-11(13(17)15-9-14(2,18)10-16)19-8-12-6-4-3-5-7-12/h3-7,11,16,18H,8-10H2,1-2H3,(H,15,17). The van der Waals surface area contributed by atoms with Crippen molar-refractivity contribution in [3.05, 3.63) is 35.9 Å². The van der Waals surface area contributed by atoms with Crippen LogP contribution in [0.15, 0.2) is 30.3 Å². The lowest BCUT2D eigenvalue weighted by atomic mass is 10.1. The summed E-state index contributed by atoms with van der Waals surface area (Å²) in [7, 11) is 0. The van der Waals surface area contributed by atoms with Crippen LogP contribution in [0.2, 0.25) is 0 Å². The van der Waals surface area contributed by atoms with Gasteiger partial charge in [-0.15, -0.1) is 0 Å². The maximum atomic E-state index is 11.7. The van der Waals surface area contributed by atoms with Gasteiger partial charge in [0.15, 0.2) is 0 Å². The van der Waals surface area contributed by atoms with E-state index in [1.807, 2.05) is 30.3 Å². The third-order valence-corrected chi connectivity index (χ3v) is 2.70. The minimum atomic E-state index is -1.31. The van der Waals surface area contributed by atoms with Crippen molar-refractivity contribution in [2.75, 3.05) is 13.2 Å². The highest BCUT2D eigenvalue weighted by Gasteiger charge is 2.21. The molecule has 1 amide bonds. The predicted octanol–water partition coefficient (Wildman–Crippen LogP) is 0.451. The molecular formula is C14H21NO4. The van der Waals surface area contributed by atoms with Crippen LogP contribution < -0.4 is 5.32 Å². The van der Waals surface area contributed by atoms with E-state index in [-0.39, 0.29) is 12.5 Å². The molecule has 0 aliphatic heterocycles. The van der Waals surface area contributed by atoms with E-state index in [9.17, 15) is 9.90 Å². The van der Waals surface area contributed by atoms with Gasteiger partial charge in [-0.3, -0.25) is 4.79 Å². The lowest BCUT2D eigenvalue weighted by Gasteiger charge is -2.22. The first-order valence-corrected chi connectivity index (χ1v) is 6.21. The second kappa shape index (κ2) is 7.23. The molecular weight excluding hydrogens is 246 g/mol. The molecule has 0 aromatic heterocycles. The van der Waals surface area contributed by atoms with Gasteiger partial charge in [0.1, 0.15) is 11.7 Å². The summed E-state index contributed by atoms with van der Waals surface area (Å²) in [6, 6.07) is 9.56. The Bertz CT molecular complexity index is 392. The molecule has 3 N–H and O–H groups in total. The van der Waals surface area contributed by atoms with Gasteiger partial charge in [-0.05, 0) is 19.4 Å². The molecule has 106 valence electrons. The van der Waals surface area contributed by atoms with Crippen LogP contribution in [0.25, 0.3) is 0 Å². The Kier molecular flexibility index (Phi) is 5.95. The molecule has 5 nitrogen and oxygen atoms in total. The Labute approximate surface area is 113 Å². The summed E-state index contributed by atoms with van der Waals surface area (Å²) < 4.78 is 5.43. The van der Waals surface area contributed by atoms with Crippen molar-refractivity contribution in [1.29, 1.82) is 0 Å². The number of hydrogen-bond acceptors (Lipinski definition) is 4. The zero-order valence-electron chi connectivity index (χ0n) is 11.3. The van der Waals surface area contributed by atoms with E-state index < -0.39 is 18.3 Å². The van der Waals surface area contributed by atoms with Crippen LogP contribution in [0, 0.1) is 0 Å². The molecule has 5 heteroatoms. The van der Waals surface area contributed by atoms with Gasteiger partial charge in [0.05, 0.1) is 13.2 Å². The molecule has 0 aliphatic rings. The Balaban J connectivity index is 2.33. The van der Waals surface area contributed by atoms with Crippen LogP contribution in [-0.4, -0.2) is 41.0 Å². The van der Waals surface area contributed by atoms with Crippen molar-refractivity contribution in [3.8, 4) is 0 Å². The number of carbonyl (C=O) groups is 1. The topological polar surface area (TPSA) is 78.8 Å². The molecule has 2 unspecified atom stereocenters. The van der Waals surface area contributed by atoms with Crippen LogP contribution in [0.1, 0.15) is 19.4 Å². The van der Waals surface area contributed by atoms with Gasteiger partial charge < -0.3 is 20.3 Å². The molecule has 2 atom stereocenters. The molecule has 0 aliphatic carbocycles. The van der Waals surface area contributed by atoms with E-state index in [0.717, 1.165) is 5.56 Å². The molecule has 1 rings (SSSR count). The van der Waals surface area contributed by atoms with Crippen molar-refractivity contribution >= 4 is 5.91 Å². The summed E-state index contributed by atoms with van der Waals surface area (Å²) in [5.74, 6) is -0.315. The second-order valence-electron chi connectivity index (χ2n) is 4.81. The predicted molar refractivity (Wildman–Crippen MR) is 71.4 cm³/mol. The summed E-state index contributed by atoms with van der Waals surface area (Å²) in [5.41, 5.74) is -0.320. The molecule has 0 spiro atoms. The fourth-order valence-electron chi connectivity index (χ4n) is 1.35. The Morgan fingerprint density at radius 3 is 2.63 bits per heavy atom. The van der Waals surface area contributed by atoms with E-state index in [1.54, 1.807) is 6.92 Å². The van der Waals surface area contributed by atoms with Crippen molar-refractivity contribution in [1.82, 2.24) is 5.32 Å². The third kappa shape index (κ3) is 5.83. The van der Waals surface area contributed by atoms with Crippen LogP contribution in [0.5, 0.6) is 0 Å². The normalized spacial score (nSPS) is 15.6. The highest BCUT2D eigenvalue weighted by Crippen LogP contribution is 2.04. The van der Waals surface area contributed by atoms with Gasteiger partial charge in [-0.25, -0.2) is 0 Å². The number of aliphatic hydroxyl groups is 2. The van der Waals surface area contributed by atoms with Crippen molar-refractivity contribution in [3.63, 3.8) is 0 Å². The zero-order chi connectivity index (χ0) is 14.3. The van der Waals surface area contributed by atoms with E-state index in [4.69, 9.17) is 9.84 Å². The molecule has 1 aromatic carbocycles. The van der Waals surface area contributed by atoms with Crippen molar-refractivity contribution < 1.29 is 19.7 Å². The van der Waals surface area contributed by atoms with Gasteiger partial charge in [-0.1, -0.05) is 30.3 Å². The molecule has 0 saturated carbocycles. The molecule has 19 heavy (non-hydrogen) atoms. The highest BCUT2D eigenvalue weighted by atomic mass is 16.5. The first kappa shape index (κ1) is 15.6. The van der Waals surface area contributed by atoms with Gasteiger partial charge in [0.2, 0.25) is 5.91 Å². The van der Waals surface area contributed by atoms with Crippen molar-refractivity contribution in [2.45, 2.75) is 32.2 Å². The van der Waals surface area contributed by atoms with E-state index in [0.29, 0.717) is 6.61 Å². The maximum Gasteiger partial charge on any atom is 0.248 e. The summed E-state index contributed by atoms with van der Waals surface area (Å²) >= 11 is 0. The number of rotatable bonds is 7. The first-order chi connectivity index (χ1) is 8.94. The quantitative estimate of drug-likeness (QED) is 0.670. The van der Waals surface area contributed by atoms with Crippen molar-refractivity contribution in [2.24, 2.45) is 0 Å². The average Bonchev–Trinajstić information content (AvgIpc) is 2.43.